The molecule has 0 aromatic rings. The molecule has 3 nitrogen and oxygen atoms in total. The Kier molecular flexibility index (Phi) is 2.17. The summed E-state index contributed by atoms with van der Waals surface area (Å²) in [5.74, 6) is 0.137. The average Bonchev–Trinajstić information content (AvgIpc) is 2.63. The van der Waals surface area contributed by atoms with Crippen molar-refractivity contribution in [3.63, 3.8) is 0 Å². The van der Waals surface area contributed by atoms with Gasteiger partial charge in [-0.1, -0.05) is 20.8 Å². The Morgan fingerprint density at radius 1 is 1.33 bits per heavy atom. The van der Waals surface area contributed by atoms with Crippen molar-refractivity contribution in [2.24, 2.45) is 10.8 Å². The van der Waals surface area contributed by atoms with Gasteiger partial charge in [-0.25, -0.2) is 5.43 Å². The average molecular weight is 170 g/mol. The molecule has 1 rings (SSSR count). The second-order valence-electron chi connectivity index (χ2n) is 4.54. The Bertz CT molecular complexity index is 189. The van der Waals surface area contributed by atoms with Crippen LogP contribution in [0.2, 0.25) is 0 Å². The SMILES string of the molecule is CNNC(=O)C1(C(C)(C)C)CC1. The first kappa shape index (κ1) is 9.52. The van der Waals surface area contributed by atoms with Crippen molar-refractivity contribution in [2.75, 3.05) is 7.05 Å². The highest BCUT2D eigenvalue weighted by atomic mass is 16.2. The molecule has 0 aromatic heterocycles. The van der Waals surface area contributed by atoms with Crippen LogP contribution in [-0.2, 0) is 4.79 Å². The lowest BCUT2D eigenvalue weighted by Gasteiger charge is -2.29. The van der Waals surface area contributed by atoms with E-state index in [4.69, 9.17) is 0 Å². The van der Waals surface area contributed by atoms with Gasteiger partial charge in [-0.15, -0.1) is 0 Å². The molecule has 3 heteroatoms. The van der Waals surface area contributed by atoms with E-state index in [0.29, 0.717) is 0 Å². The molecule has 0 bridgehead atoms. The molecule has 1 aliphatic carbocycles. The summed E-state index contributed by atoms with van der Waals surface area (Å²) >= 11 is 0. The van der Waals surface area contributed by atoms with Crippen molar-refractivity contribution in [3.05, 3.63) is 0 Å². The van der Waals surface area contributed by atoms with Crippen molar-refractivity contribution >= 4 is 5.91 Å². The summed E-state index contributed by atoms with van der Waals surface area (Å²) in [5.41, 5.74) is 5.31. The fourth-order valence-corrected chi connectivity index (χ4v) is 1.68. The highest BCUT2D eigenvalue weighted by molar-refractivity contribution is 5.85. The highest BCUT2D eigenvalue weighted by Gasteiger charge is 2.57. The standard InChI is InChI=1S/C9H18N2O/c1-8(2,3)9(5-6-9)7(12)11-10-4/h10H,5-6H2,1-4H3,(H,11,12). The topological polar surface area (TPSA) is 41.1 Å². The van der Waals surface area contributed by atoms with Gasteiger partial charge in [0.25, 0.3) is 0 Å². The molecule has 0 saturated heterocycles. The van der Waals surface area contributed by atoms with Crippen LogP contribution in [0.15, 0.2) is 0 Å². The van der Waals surface area contributed by atoms with Gasteiger partial charge < -0.3 is 0 Å². The first-order valence-corrected chi connectivity index (χ1v) is 4.41. The summed E-state index contributed by atoms with van der Waals surface area (Å²) in [7, 11) is 1.72. The lowest BCUT2D eigenvalue weighted by molar-refractivity contribution is -0.131. The Balaban J connectivity index is 2.67. The van der Waals surface area contributed by atoms with Crippen LogP contribution in [0.4, 0.5) is 0 Å². The number of carbonyl (C=O) groups excluding carboxylic acids is 1. The zero-order chi connectivity index (χ0) is 9.41. The first-order valence-electron chi connectivity index (χ1n) is 4.41. The van der Waals surface area contributed by atoms with Crippen molar-refractivity contribution in [3.8, 4) is 0 Å². The van der Waals surface area contributed by atoms with Gasteiger partial charge in [-0.3, -0.25) is 10.2 Å². The second kappa shape index (κ2) is 2.73. The first-order chi connectivity index (χ1) is 5.44. The Morgan fingerprint density at radius 3 is 2.08 bits per heavy atom. The zero-order valence-electron chi connectivity index (χ0n) is 8.32. The van der Waals surface area contributed by atoms with Crippen LogP contribution >= 0.6 is 0 Å². The molecule has 70 valence electrons. The van der Waals surface area contributed by atoms with E-state index < -0.39 is 0 Å². The highest BCUT2D eigenvalue weighted by Crippen LogP contribution is 2.58. The van der Waals surface area contributed by atoms with E-state index >= 15 is 0 Å². The molecule has 0 spiro atoms. The Hall–Kier alpha value is -0.570. The minimum Gasteiger partial charge on any atom is -0.291 e. The minimum absolute atomic E-state index is 0.0773. The van der Waals surface area contributed by atoms with E-state index in [1.54, 1.807) is 7.05 Å². The minimum atomic E-state index is -0.115. The maximum absolute atomic E-state index is 11.6. The Morgan fingerprint density at radius 2 is 1.83 bits per heavy atom. The monoisotopic (exact) mass is 170 g/mol. The summed E-state index contributed by atoms with van der Waals surface area (Å²) in [6.07, 6.45) is 2.04. The lowest BCUT2D eigenvalue weighted by Crippen LogP contribution is -2.44. The third-order valence-electron chi connectivity index (χ3n) is 2.86. The van der Waals surface area contributed by atoms with E-state index in [1.165, 1.54) is 0 Å². The van der Waals surface area contributed by atoms with Crippen LogP contribution < -0.4 is 10.9 Å². The fourth-order valence-electron chi connectivity index (χ4n) is 1.68. The van der Waals surface area contributed by atoms with Gasteiger partial charge in [0.05, 0.1) is 5.41 Å². The largest absolute Gasteiger partial charge is 0.291 e. The number of amides is 1. The van der Waals surface area contributed by atoms with Gasteiger partial charge in [-0.05, 0) is 18.3 Å². The maximum Gasteiger partial charge on any atom is 0.240 e. The molecule has 0 aliphatic heterocycles. The molecule has 12 heavy (non-hydrogen) atoms. The van der Waals surface area contributed by atoms with Crippen molar-refractivity contribution in [1.82, 2.24) is 10.9 Å². The Labute approximate surface area is 73.9 Å². The van der Waals surface area contributed by atoms with E-state index in [2.05, 4.69) is 31.6 Å². The van der Waals surface area contributed by atoms with Crippen LogP contribution in [0.25, 0.3) is 0 Å². The quantitative estimate of drug-likeness (QED) is 0.608. The van der Waals surface area contributed by atoms with Gasteiger partial charge in [0.1, 0.15) is 0 Å². The predicted molar refractivity (Wildman–Crippen MR) is 48.3 cm³/mol. The third kappa shape index (κ3) is 1.33. The normalized spacial score (nSPS) is 20.3. The molecule has 1 aliphatic rings. The molecule has 1 amide bonds. The smallest absolute Gasteiger partial charge is 0.240 e. The summed E-state index contributed by atoms with van der Waals surface area (Å²) in [6, 6.07) is 0. The molecule has 0 atom stereocenters. The number of carbonyl (C=O) groups is 1. The number of hydrazine groups is 1. The molecule has 0 radical (unpaired) electrons. The summed E-state index contributed by atoms with van der Waals surface area (Å²) in [5, 5.41) is 0. The second-order valence-corrected chi connectivity index (χ2v) is 4.54. The van der Waals surface area contributed by atoms with Crippen molar-refractivity contribution in [2.45, 2.75) is 33.6 Å². The molecule has 1 saturated carbocycles. The van der Waals surface area contributed by atoms with Crippen LogP contribution in [0, 0.1) is 10.8 Å². The zero-order valence-corrected chi connectivity index (χ0v) is 8.32. The van der Waals surface area contributed by atoms with E-state index in [1.807, 2.05) is 0 Å². The van der Waals surface area contributed by atoms with Gasteiger partial charge in [-0.2, -0.15) is 0 Å². The number of rotatable bonds is 2. The number of hydrogen-bond acceptors (Lipinski definition) is 2. The van der Waals surface area contributed by atoms with Crippen molar-refractivity contribution in [1.29, 1.82) is 0 Å². The number of hydrogen-bond donors (Lipinski definition) is 2. The van der Waals surface area contributed by atoms with Gasteiger partial charge in [0, 0.05) is 7.05 Å². The van der Waals surface area contributed by atoms with Crippen LogP contribution in [0.3, 0.4) is 0 Å². The lowest BCUT2D eigenvalue weighted by atomic mass is 9.77. The summed E-state index contributed by atoms with van der Waals surface area (Å²) in [6.45, 7) is 6.36. The molecule has 1 fully saturated rings. The fraction of sp³-hybridized carbons (Fsp3) is 0.889. The third-order valence-corrected chi connectivity index (χ3v) is 2.86. The summed E-state index contributed by atoms with van der Waals surface area (Å²) in [4.78, 5) is 11.6. The van der Waals surface area contributed by atoms with Crippen molar-refractivity contribution < 1.29 is 4.79 Å². The molecule has 0 heterocycles. The van der Waals surface area contributed by atoms with E-state index in [-0.39, 0.29) is 16.7 Å². The molecule has 2 N–H and O–H groups in total. The molecular formula is C9H18N2O. The van der Waals surface area contributed by atoms with Crippen LogP contribution in [-0.4, -0.2) is 13.0 Å². The van der Waals surface area contributed by atoms with Gasteiger partial charge >= 0.3 is 0 Å². The molecule has 0 unspecified atom stereocenters. The van der Waals surface area contributed by atoms with E-state index in [9.17, 15) is 4.79 Å². The summed E-state index contributed by atoms with van der Waals surface area (Å²) < 4.78 is 0. The maximum atomic E-state index is 11.6. The molecule has 0 aromatic carbocycles. The predicted octanol–water partition coefficient (Wildman–Crippen LogP) is 1.06. The van der Waals surface area contributed by atoms with Gasteiger partial charge in [0.15, 0.2) is 0 Å². The van der Waals surface area contributed by atoms with Crippen LogP contribution in [0.1, 0.15) is 33.6 Å². The van der Waals surface area contributed by atoms with E-state index in [0.717, 1.165) is 12.8 Å². The van der Waals surface area contributed by atoms with Crippen LogP contribution in [0.5, 0.6) is 0 Å². The molecular weight excluding hydrogens is 152 g/mol. The number of nitrogens with one attached hydrogen (secondary N) is 2. The van der Waals surface area contributed by atoms with Gasteiger partial charge in [0.2, 0.25) is 5.91 Å².